The summed E-state index contributed by atoms with van der Waals surface area (Å²) in [7, 11) is 0. The van der Waals surface area contributed by atoms with E-state index in [-0.39, 0.29) is 18.0 Å². The van der Waals surface area contributed by atoms with E-state index in [1.165, 1.54) is 0 Å². The van der Waals surface area contributed by atoms with Gasteiger partial charge in [0.25, 0.3) is 0 Å². The zero-order valence-electron chi connectivity index (χ0n) is 13.0. The van der Waals surface area contributed by atoms with Crippen LogP contribution in [0, 0.1) is 16.0 Å². The van der Waals surface area contributed by atoms with Crippen molar-refractivity contribution < 1.29 is 14.8 Å². The van der Waals surface area contributed by atoms with Gasteiger partial charge in [-0.1, -0.05) is 19.9 Å². The molecule has 0 fully saturated rings. The molecule has 1 atom stereocenters. The average molecular weight is 296 g/mol. The lowest BCUT2D eigenvalue weighted by molar-refractivity contribution is -0.384. The van der Waals surface area contributed by atoms with Crippen LogP contribution in [-0.2, 0) is 0 Å². The van der Waals surface area contributed by atoms with Gasteiger partial charge in [0, 0.05) is 6.54 Å². The maximum atomic E-state index is 11.2. The first-order valence-corrected chi connectivity index (χ1v) is 7.13. The highest BCUT2D eigenvalue weighted by Crippen LogP contribution is 2.35. The third-order valence-corrected chi connectivity index (χ3v) is 2.99. The molecule has 0 amide bonds. The number of para-hydroxylation sites is 1. The van der Waals surface area contributed by atoms with Crippen molar-refractivity contribution in [3.8, 4) is 5.75 Å². The minimum Gasteiger partial charge on any atom is -0.487 e. The van der Waals surface area contributed by atoms with Gasteiger partial charge in [0.1, 0.15) is 5.69 Å². The summed E-state index contributed by atoms with van der Waals surface area (Å²) in [6.07, 6.45) is 0.610. The van der Waals surface area contributed by atoms with Crippen molar-refractivity contribution in [2.75, 3.05) is 18.5 Å². The topological polar surface area (TPSA) is 84.6 Å². The standard InChI is InChI=1S/C15H24N2O4/c1-5-21-13-8-6-7-12(14(13)17(19)20)16-10-15(4,18)9-11(2)3/h6-8,11,16,18H,5,9-10H2,1-4H3. The zero-order chi connectivity index (χ0) is 16.0. The van der Waals surface area contributed by atoms with Gasteiger partial charge in [0.05, 0.1) is 17.1 Å². The van der Waals surface area contributed by atoms with Crippen molar-refractivity contribution in [2.24, 2.45) is 5.92 Å². The van der Waals surface area contributed by atoms with E-state index in [9.17, 15) is 15.2 Å². The van der Waals surface area contributed by atoms with Gasteiger partial charge >= 0.3 is 5.69 Å². The molecule has 0 spiro atoms. The van der Waals surface area contributed by atoms with Crippen molar-refractivity contribution in [1.82, 2.24) is 0 Å². The molecule has 0 aliphatic heterocycles. The van der Waals surface area contributed by atoms with Crippen molar-refractivity contribution >= 4 is 11.4 Å². The number of rotatable bonds is 8. The van der Waals surface area contributed by atoms with Gasteiger partial charge in [-0.25, -0.2) is 0 Å². The number of anilines is 1. The average Bonchev–Trinajstić information content (AvgIpc) is 2.35. The third-order valence-electron chi connectivity index (χ3n) is 2.99. The summed E-state index contributed by atoms with van der Waals surface area (Å²) in [5.74, 6) is 0.572. The SMILES string of the molecule is CCOc1cccc(NCC(C)(O)CC(C)C)c1[N+](=O)[O-]. The second-order valence-corrected chi connectivity index (χ2v) is 5.79. The predicted molar refractivity (Wildman–Crippen MR) is 82.8 cm³/mol. The second-order valence-electron chi connectivity index (χ2n) is 5.79. The van der Waals surface area contributed by atoms with Crippen LogP contribution in [0.1, 0.15) is 34.1 Å². The number of aliphatic hydroxyl groups is 1. The van der Waals surface area contributed by atoms with E-state index >= 15 is 0 Å². The van der Waals surface area contributed by atoms with Crippen LogP contribution in [0.25, 0.3) is 0 Å². The van der Waals surface area contributed by atoms with Crippen LogP contribution in [0.2, 0.25) is 0 Å². The van der Waals surface area contributed by atoms with E-state index < -0.39 is 10.5 Å². The smallest absolute Gasteiger partial charge is 0.333 e. The van der Waals surface area contributed by atoms with Gasteiger partial charge in [0.15, 0.2) is 5.75 Å². The second kappa shape index (κ2) is 7.26. The molecule has 0 radical (unpaired) electrons. The number of benzene rings is 1. The largest absolute Gasteiger partial charge is 0.487 e. The molecule has 0 saturated carbocycles. The van der Waals surface area contributed by atoms with Crippen molar-refractivity contribution in [1.29, 1.82) is 0 Å². The molecular weight excluding hydrogens is 272 g/mol. The first-order chi connectivity index (χ1) is 9.76. The molecular formula is C15H24N2O4. The Balaban J connectivity index is 2.93. The van der Waals surface area contributed by atoms with Gasteiger partial charge in [-0.2, -0.15) is 0 Å². The van der Waals surface area contributed by atoms with Gasteiger partial charge in [-0.15, -0.1) is 0 Å². The van der Waals surface area contributed by atoms with Gasteiger partial charge in [0.2, 0.25) is 0 Å². The molecule has 0 aliphatic rings. The summed E-state index contributed by atoms with van der Waals surface area (Å²) >= 11 is 0. The summed E-state index contributed by atoms with van der Waals surface area (Å²) in [5.41, 5.74) is -0.668. The lowest BCUT2D eigenvalue weighted by Gasteiger charge is -2.26. The molecule has 6 heteroatoms. The lowest BCUT2D eigenvalue weighted by atomic mass is 9.94. The van der Waals surface area contributed by atoms with E-state index in [1.807, 2.05) is 13.8 Å². The monoisotopic (exact) mass is 296 g/mol. The molecule has 1 aromatic carbocycles. The molecule has 0 aromatic heterocycles. The highest BCUT2D eigenvalue weighted by molar-refractivity contribution is 5.68. The Bertz CT molecular complexity index is 487. The Morgan fingerprint density at radius 2 is 2.14 bits per heavy atom. The highest BCUT2D eigenvalue weighted by Gasteiger charge is 2.25. The molecule has 0 saturated heterocycles. The molecule has 1 aromatic rings. The normalized spacial score (nSPS) is 13.8. The number of nitrogens with zero attached hydrogens (tertiary/aromatic N) is 1. The van der Waals surface area contributed by atoms with E-state index in [0.717, 1.165) is 0 Å². The maximum Gasteiger partial charge on any atom is 0.333 e. The van der Waals surface area contributed by atoms with Crippen LogP contribution >= 0.6 is 0 Å². The molecule has 1 unspecified atom stereocenters. The number of hydrogen-bond donors (Lipinski definition) is 2. The zero-order valence-corrected chi connectivity index (χ0v) is 13.0. The third kappa shape index (κ3) is 5.23. The van der Waals surface area contributed by atoms with Gasteiger partial charge < -0.3 is 15.2 Å². The van der Waals surface area contributed by atoms with Gasteiger partial charge in [-0.3, -0.25) is 10.1 Å². The number of nitro groups is 1. The number of nitrogens with one attached hydrogen (secondary N) is 1. The quantitative estimate of drug-likeness (QED) is 0.568. The van der Waals surface area contributed by atoms with E-state index in [0.29, 0.717) is 24.6 Å². The molecule has 21 heavy (non-hydrogen) atoms. The fourth-order valence-corrected chi connectivity index (χ4v) is 2.36. The Morgan fingerprint density at radius 3 is 2.67 bits per heavy atom. The maximum absolute atomic E-state index is 11.2. The molecule has 2 N–H and O–H groups in total. The number of ether oxygens (including phenoxy) is 1. The highest BCUT2D eigenvalue weighted by atomic mass is 16.6. The summed E-state index contributed by atoms with van der Waals surface area (Å²) in [6.45, 7) is 8.13. The van der Waals surface area contributed by atoms with Crippen molar-refractivity contribution in [3.63, 3.8) is 0 Å². The van der Waals surface area contributed by atoms with Crippen LogP contribution in [0.15, 0.2) is 18.2 Å². The number of nitro benzene ring substituents is 1. The Morgan fingerprint density at radius 1 is 1.48 bits per heavy atom. The minimum atomic E-state index is -0.927. The van der Waals surface area contributed by atoms with Crippen LogP contribution < -0.4 is 10.1 Å². The Hall–Kier alpha value is -1.82. The lowest BCUT2D eigenvalue weighted by Crippen LogP contribution is -2.35. The fraction of sp³-hybridized carbons (Fsp3) is 0.600. The molecule has 1 rings (SSSR count). The van der Waals surface area contributed by atoms with Crippen LogP contribution in [0.3, 0.4) is 0 Å². The Kier molecular flexibility index (Phi) is 5.96. The first kappa shape index (κ1) is 17.2. The van der Waals surface area contributed by atoms with Crippen molar-refractivity contribution in [3.05, 3.63) is 28.3 Å². The molecule has 6 nitrogen and oxygen atoms in total. The summed E-state index contributed by atoms with van der Waals surface area (Å²) in [5, 5.41) is 24.5. The summed E-state index contributed by atoms with van der Waals surface area (Å²) < 4.78 is 5.29. The minimum absolute atomic E-state index is 0.0975. The predicted octanol–water partition coefficient (Wildman–Crippen LogP) is 3.20. The van der Waals surface area contributed by atoms with Crippen LogP contribution in [0.5, 0.6) is 5.75 Å². The fourth-order valence-electron chi connectivity index (χ4n) is 2.36. The van der Waals surface area contributed by atoms with Crippen LogP contribution in [-0.4, -0.2) is 28.8 Å². The Labute approximate surface area is 125 Å². The molecule has 0 aliphatic carbocycles. The molecule has 118 valence electrons. The van der Waals surface area contributed by atoms with E-state index in [1.54, 1.807) is 32.0 Å². The van der Waals surface area contributed by atoms with Gasteiger partial charge in [-0.05, 0) is 38.3 Å². The first-order valence-electron chi connectivity index (χ1n) is 7.13. The van der Waals surface area contributed by atoms with Crippen LogP contribution in [0.4, 0.5) is 11.4 Å². The summed E-state index contributed by atoms with van der Waals surface area (Å²) in [6, 6.07) is 4.88. The van der Waals surface area contributed by atoms with E-state index in [4.69, 9.17) is 4.74 Å². The molecule has 0 heterocycles. The van der Waals surface area contributed by atoms with Crippen molar-refractivity contribution in [2.45, 2.75) is 39.7 Å². The van der Waals surface area contributed by atoms with E-state index in [2.05, 4.69) is 5.32 Å². The molecule has 0 bridgehead atoms. The summed E-state index contributed by atoms with van der Waals surface area (Å²) in [4.78, 5) is 10.8. The number of hydrogen-bond acceptors (Lipinski definition) is 5.